The summed E-state index contributed by atoms with van der Waals surface area (Å²) in [5, 5.41) is 12.3. The van der Waals surface area contributed by atoms with Gasteiger partial charge < -0.3 is 19.5 Å². The monoisotopic (exact) mass is 446 g/mol. The lowest BCUT2D eigenvalue weighted by molar-refractivity contribution is -0.134. The third kappa shape index (κ3) is 4.68. The highest BCUT2D eigenvalue weighted by Gasteiger charge is 2.29. The number of ether oxygens (including phenoxy) is 2. The molecule has 2 atom stereocenters. The predicted molar refractivity (Wildman–Crippen MR) is 128 cm³/mol. The first-order valence-electron chi connectivity index (χ1n) is 11.6. The maximum atomic E-state index is 13.2. The number of likely N-dealkylation sites (tertiary alicyclic amines) is 1. The Morgan fingerprint density at radius 1 is 1.21 bits per heavy atom. The lowest BCUT2D eigenvalue weighted by Gasteiger charge is -2.33. The Hall–Kier alpha value is -3.09. The van der Waals surface area contributed by atoms with Crippen LogP contribution in [0.25, 0.3) is 10.8 Å². The van der Waals surface area contributed by atoms with Gasteiger partial charge in [0.05, 0.1) is 18.8 Å². The third-order valence-corrected chi connectivity index (χ3v) is 6.75. The summed E-state index contributed by atoms with van der Waals surface area (Å²) in [6, 6.07) is 20.1. The summed E-state index contributed by atoms with van der Waals surface area (Å²) >= 11 is 0. The van der Waals surface area contributed by atoms with E-state index in [2.05, 4.69) is 29.2 Å². The molecule has 0 radical (unpaired) electrons. The van der Waals surface area contributed by atoms with Crippen LogP contribution in [-0.2, 0) is 11.2 Å². The van der Waals surface area contributed by atoms with Gasteiger partial charge >= 0.3 is 0 Å². The van der Waals surface area contributed by atoms with Crippen LogP contribution >= 0.6 is 0 Å². The first kappa shape index (κ1) is 21.7. The number of hydrogen-bond donors (Lipinski definition) is 1. The summed E-state index contributed by atoms with van der Waals surface area (Å²) < 4.78 is 11.4. The minimum Gasteiger partial charge on any atom is -0.493 e. The number of fused-ring (bicyclic) bond motifs is 2. The first-order valence-corrected chi connectivity index (χ1v) is 11.6. The fraction of sp³-hybridized carbons (Fsp3) is 0.370. The molecule has 6 heteroatoms. The molecule has 2 unspecified atom stereocenters. The Morgan fingerprint density at radius 2 is 2.06 bits per heavy atom. The van der Waals surface area contributed by atoms with Crippen LogP contribution in [0.3, 0.4) is 0 Å². The second-order valence-electron chi connectivity index (χ2n) is 8.95. The van der Waals surface area contributed by atoms with Crippen molar-refractivity contribution < 1.29 is 19.4 Å². The Kier molecular flexibility index (Phi) is 6.20. The van der Waals surface area contributed by atoms with Crippen molar-refractivity contribution in [3.63, 3.8) is 0 Å². The highest BCUT2D eigenvalue weighted by molar-refractivity contribution is 5.87. The van der Waals surface area contributed by atoms with Crippen LogP contribution in [0.1, 0.15) is 23.6 Å². The van der Waals surface area contributed by atoms with Gasteiger partial charge in [0.25, 0.3) is 5.91 Å². The van der Waals surface area contributed by atoms with E-state index >= 15 is 0 Å². The molecule has 5 rings (SSSR count). The molecule has 0 aromatic heterocycles. The van der Waals surface area contributed by atoms with Crippen LogP contribution in [0.2, 0.25) is 0 Å². The van der Waals surface area contributed by atoms with Crippen LogP contribution < -0.4 is 9.47 Å². The van der Waals surface area contributed by atoms with E-state index in [9.17, 15) is 9.90 Å². The smallest absolute Gasteiger partial charge is 0.260 e. The predicted octanol–water partition coefficient (Wildman–Crippen LogP) is 3.42. The molecule has 0 saturated carbocycles. The highest BCUT2D eigenvalue weighted by Crippen LogP contribution is 2.31. The Bertz CT molecular complexity index is 1140. The van der Waals surface area contributed by atoms with Crippen LogP contribution in [-0.4, -0.2) is 66.8 Å². The van der Waals surface area contributed by atoms with Crippen LogP contribution in [0.5, 0.6) is 11.5 Å². The minimum atomic E-state index is -0.300. The fourth-order valence-electron chi connectivity index (χ4n) is 4.87. The van der Waals surface area contributed by atoms with Gasteiger partial charge in [0.2, 0.25) is 0 Å². The van der Waals surface area contributed by atoms with Crippen molar-refractivity contribution in [3.05, 3.63) is 71.8 Å². The average Bonchev–Trinajstić information content (AvgIpc) is 3.48. The number of aliphatic hydroxyl groups is 1. The molecule has 1 amide bonds. The zero-order valence-corrected chi connectivity index (χ0v) is 18.9. The number of carbonyl (C=O) groups excluding carboxylic acids is 1. The molecule has 2 heterocycles. The molecule has 3 aromatic carbocycles. The van der Waals surface area contributed by atoms with Crippen molar-refractivity contribution in [1.82, 2.24) is 9.80 Å². The van der Waals surface area contributed by atoms with Gasteiger partial charge in [-0.15, -0.1) is 0 Å². The fourth-order valence-corrected chi connectivity index (χ4v) is 4.87. The summed E-state index contributed by atoms with van der Waals surface area (Å²) in [5.74, 6) is 1.50. The second kappa shape index (κ2) is 9.41. The van der Waals surface area contributed by atoms with Gasteiger partial charge in [0.1, 0.15) is 11.5 Å². The molecule has 33 heavy (non-hydrogen) atoms. The lowest BCUT2D eigenvalue weighted by atomic mass is 9.97. The molecule has 2 aliphatic heterocycles. The molecule has 1 saturated heterocycles. The normalized spacial score (nSPS) is 18.7. The number of amides is 1. The molecular formula is C27H30N2O4. The average molecular weight is 447 g/mol. The maximum absolute atomic E-state index is 13.2. The Balaban J connectivity index is 1.36. The van der Waals surface area contributed by atoms with Gasteiger partial charge in [-0.05, 0) is 41.0 Å². The van der Waals surface area contributed by atoms with Crippen molar-refractivity contribution >= 4 is 16.7 Å². The van der Waals surface area contributed by atoms with E-state index in [4.69, 9.17) is 9.47 Å². The van der Waals surface area contributed by atoms with Gasteiger partial charge in [-0.1, -0.05) is 42.5 Å². The SMILES string of the molecule is CN(C(=O)COc1ccc2c(c1)CCO2)C(CN1CCC(O)C1)c1cccc2ccccc12. The van der Waals surface area contributed by atoms with E-state index in [-0.39, 0.29) is 24.7 Å². The zero-order valence-electron chi connectivity index (χ0n) is 18.9. The van der Waals surface area contributed by atoms with E-state index in [0.717, 1.165) is 47.0 Å². The van der Waals surface area contributed by atoms with Crippen molar-refractivity contribution in [2.24, 2.45) is 0 Å². The van der Waals surface area contributed by atoms with Crippen molar-refractivity contribution in [2.75, 3.05) is 39.9 Å². The Labute approximate surface area is 194 Å². The number of hydrogen-bond acceptors (Lipinski definition) is 5. The maximum Gasteiger partial charge on any atom is 0.260 e. The van der Waals surface area contributed by atoms with E-state index in [0.29, 0.717) is 25.4 Å². The quantitative estimate of drug-likeness (QED) is 0.603. The minimum absolute atomic E-state index is 0.0277. The van der Waals surface area contributed by atoms with Gasteiger partial charge in [-0.2, -0.15) is 0 Å². The molecule has 0 bridgehead atoms. The summed E-state index contributed by atoms with van der Waals surface area (Å²) in [6.07, 6.45) is 1.34. The van der Waals surface area contributed by atoms with E-state index in [1.165, 1.54) is 0 Å². The number of benzene rings is 3. The molecule has 1 fully saturated rings. The van der Waals surface area contributed by atoms with Gasteiger partial charge in [-0.3, -0.25) is 9.69 Å². The number of nitrogens with zero attached hydrogens (tertiary/aromatic N) is 2. The number of rotatable bonds is 7. The molecule has 6 nitrogen and oxygen atoms in total. The molecular weight excluding hydrogens is 416 g/mol. The number of aliphatic hydroxyl groups excluding tert-OH is 1. The molecule has 3 aromatic rings. The van der Waals surface area contributed by atoms with Crippen LogP contribution in [0.15, 0.2) is 60.7 Å². The summed E-state index contributed by atoms with van der Waals surface area (Å²) in [5.41, 5.74) is 2.23. The van der Waals surface area contributed by atoms with E-state index < -0.39 is 0 Å². The van der Waals surface area contributed by atoms with Crippen molar-refractivity contribution in [3.8, 4) is 11.5 Å². The van der Waals surface area contributed by atoms with Crippen LogP contribution in [0, 0.1) is 0 Å². The van der Waals surface area contributed by atoms with Crippen molar-refractivity contribution in [2.45, 2.75) is 25.0 Å². The zero-order chi connectivity index (χ0) is 22.8. The molecule has 2 aliphatic rings. The lowest BCUT2D eigenvalue weighted by Crippen LogP contribution is -2.41. The van der Waals surface area contributed by atoms with Gasteiger partial charge in [0, 0.05) is 38.7 Å². The Morgan fingerprint density at radius 3 is 2.91 bits per heavy atom. The molecule has 172 valence electrons. The standard InChI is InChI=1S/C27H30N2O4/c1-28(27(31)18-33-22-9-10-26-20(15-22)12-14-32-26)25(17-29-13-11-21(30)16-29)24-8-4-6-19-5-2-3-7-23(19)24/h2-10,15,21,25,30H,11-14,16-18H2,1H3. The molecule has 1 N–H and O–H groups in total. The number of β-amino-alcohol motifs (C(OH)–C–C–N with tert-alkyl or cyclic N) is 1. The third-order valence-electron chi connectivity index (χ3n) is 6.75. The van der Waals surface area contributed by atoms with E-state index in [1.54, 1.807) is 4.90 Å². The summed E-state index contributed by atoms with van der Waals surface area (Å²) in [4.78, 5) is 17.3. The topological polar surface area (TPSA) is 62.2 Å². The van der Waals surface area contributed by atoms with Crippen molar-refractivity contribution in [1.29, 1.82) is 0 Å². The summed E-state index contributed by atoms with van der Waals surface area (Å²) in [7, 11) is 1.85. The summed E-state index contributed by atoms with van der Waals surface area (Å²) in [6.45, 7) is 2.80. The number of likely N-dealkylation sites (N-methyl/N-ethyl adjacent to an activating group) is 1. The number of carbonyl (C=O) groups is 1. The highest BCUT2D eigenvalue weighted by atomic mass is 16.5. The first-order chi connectivity index (χ1) is 16.1. The molecule has 0 spiro atoms. The van der Waals surface area contributed by atoms with Gasteiger partial charge in [0.15, 0.2) is 6.61 Å². The van der Waals surface area contributed by atoms with Gasteiger partial charge in [-0.25, -0.2) is 0 Å². The molecule has 0 aliphatic carbocycles. The van der Waals surface area contributed by atoms with Crippen LogP contribution in [0.4, 0.5) is 0 Å². The second-order valence-corrected chi connectivity index (χ2v) is 8.95. The van der Waals surface area contributed by atoms with E-state index in [1.807, 2.05) is 43.4 Å². The largest absolute Gasteiger partial charge is 0.493 e.